The highest BCUT2D eigenvalue weighted by molar-refractivity contribution is 6.02. The molecule has 0 aliphatic carbocycles. The first kappa shape index (κ1) is 36.3. The molecule has 4 aromatic rings. The van der Waals surface area contributed by atoms with Crippen LogP contribution < -0.4 is 20.8 Å². The Kier molecular flexibility index (Phi) is 13.1. The number of ether oxygens (including phenoxy) is 2. The van der Waals surface area contributed by atoms with Gasteiger partial charge in [-0.3, -0.25) is 19.9 Å². The zero-order valence-electron chi connectivity index (χ0n) is 29.1. The van der Waals surface area contributed by atoms with Gasteiger partial charge in [-0.2, -0.15) is 0 Å². The summed E-state index contributed by atoms with van der Waals surface area (Å²) in [5.41, 5.74) is 7.84. The van der Waals surface area contributed by atoms with Crippen LogP contribution in [0.5, 0.6) is 5.75 Å². The fourth-order valence-corrected chi connectivity index (χ4v) is 6.00. The van der Waals surface area contributed by atoms with Gasteiger partial charge in [-0.15, -0.1) is 0 Å². The zero-order chi connectivity index (χ0) is 35.3. The molecule has 3 N–H and O–H groups in total. The van der Waals surface area contributed by atoms with Gasteiger partial charge in [0, 0.05) is 56.0 Å². The van der Waals surface area contributed by atoms with Crippen LogP contribution in [0.1, 0.15) is 53.0 Å². The van der Waals surface area contributed by atoms with Gasteiger partial charge in [0.25, 0.3) is 5.91 Å². The van der Waals surface area contributed by atoms with Crippen molar-refractivity contribution in [3.8, 4) is 16.9 Å². The summed E-state index contributed by atoms with van der Waals surface area (Å²) in [6, 6.07) is 31.8. The first-order valence-corrected chi connectivity index (χ1v) is 17.2. The number of ketones is 1. The van der Waals surface area contributed by atoms with Crippen LogP contribution in [0.3, 0.4) is 0 Å². The van der Waals surface area contributed by atoms with Gasteiger partial charge in [-0.25, -0.2) is 10.2 Å². The van der Waals surface area contributed by atoms with Crippen LogP contribution >= 0.6 is 0 Å². The molecule has 1 saturated heterocycles. The molecule has 0 spiro atoms. The van der Waals surface area contributed by atoms with E-state index in [4.69, 9.17) is 9.47 Å². The Balaban J connectivity index is 1.03. The van der Waals surface area contributed by atoms with Crippen molar-refractivity contribution in [2.75, 3.05) is 45.2 Å². The Morgan fingerprint density at radius 1 is 0.880 bits per heavy atom. The molecule has 1 fully saturated rings. The number of benzene rings is 4. The molecule has 1 atom stereocenters. The van der Waals surface area contributed by atoms with E-state index in [0.29, 0.717) is 30.8 Å². The number of para-hydroxylation sites is 1. The number of hydrazine groups is 1. The molecule has 2 amide bonds. The second-order valence-corrected chi connectivity index (χ2v) is 12.3. The lowest BCUT2D eigenvalue weighted by atomic mass is 10.0. The number of piperidine rings is 1. The van der Waals surface area contributed by atoms with E-state index in [0.717, 1.165) is 60.6 Å². The quantitative estimate of drug-likeness (QED) is 0.0979. The Labute approximate surface area is 294 Å². The summed E-state index contributed by atoms with van der Waals surface area (Å²) in [6.45, 7) is 7.69. The van der Waals surface area contributed by atoms with E-state index in [9.17, 15) is 14.4 Å². The molecule has 1 aliphatic heterocycles. The highest BCUT2D eigenvalue weighted by atomic mass is 16.6. The largest absolute Gasteiger partial charge is 0.497 e. The number of methoxy groups -OCH3 is 1. The molecular weight excluding hydrogens is 630 g/mol. The molecule has 50 heavy (non-hydrogen) atoms. The third-order valence-corrected chi connectivity index (χ3v) is 8.92. The molecule has 0 saturated carbocycles. The van der Waals surface area contributed by atoms with E-state index in [1.54, 1.807) is 36.4 Å². The summed E-state index contributed by atoms with van der Waals surface area (Å²) in [6.07, 6.45) is 0.887. The molecule has 0 radical (unpaired) electrons. The number of carbonyl (C=O) groups is 3. The number of nitrogens with zero attached hydrogens (tertiary/aromatic N) is 2. The molecule has 262 valence electrons. The van der Waals surface area contributed by atoms with Crippen LogP contribution in [0.2, 0.25) is 0 Å². The monoisotopic (exact) mass is 677 g/mol. The van der Waals surface area contributed by atoms with E-state index in [1.165, 1.54) is 0 Å². The number of amides is 2. The molecule has 1 heterocycles. The maximum atomic E-state index is 13.3. The van der Waals surface area contributed by atoms with Gasteiger partial charge in [-0.1, -0.05) is 72.8 Å². The van der Waals surface area contributed by atoms with Crippen molar-refractivity contribution >= 4 is 23.5 Å². The standard InChI is InChI=1S/C40H47N5O5/c1-4-45(42-28-30-17-19-34(49-3)20-18-30)39(47)33-14-10-13-32(27-33)38(46)29(2)41-23-26-44-24-21-35(22-25-44)50-40(48)43-37-16-9-8-15-36(37)31-11-6-5-7-12-31/h5-20,27,29,35,41-42H,4,21-26,28H2,1-3H3,(H,43,48). The van der Waals surface area contributed by atoms with Gasteiger partial charge in [0.1, 0.15) is 11.9 Å². The Morgan fingerprint density at radius 3 is 2.30 bits per heavy atom. The van der Waals surface area contributed by atoms with Crippen LogP contribution in [0.15, 0.2) is 103 Å². The number of hydrogen-bond acceptors (Lipinski definition) is 8. The average molecular weight is 678 g/mol. The maximum absolute atomic E-state index is 13.3. The van der Waals surface area contributed by atoms with Gasteiger partial charge in [0.15, 0.2) is 5.78 Å². The number of hydrogen-bond donors (Lipinski definition) is 3. The number of nitrogens with one attached hydrogen (secondary N) is 3. The Morgan fingerprint density at radius 2 is 1.58 bits per heavy atom. The lowest BCUT2D eigenvalue weighted by Gasteiger charge is -2.32. The van der Waals surface area contributed by atoms with Crippen LogP contribution in [0.4, 0.5) is 10.5 Å². The molecule has 5 rings (SSSR count). The third-order valence-electron chi connectivity index (χ3n) is 8.92. The van der Waals surface area contributed by atoms with E-state index in [1.807, 2.05) is 92.7 Å². The lowest BCUT2D eigenvalue weighted by molar-refractivity contribution is 0.0590. The van der Waals surface area contributed by atoms with Crippen molar-refractivity contribution in [3.05, 3.63) is 120 Å². The summed E-state index contributed by atoms with van der Waals surface area (Å²) in [7, 11) is 1.63. The lowest BCUT2D eigenvalue weighted by Crippen LogP contribution is -2.44. The number of anilines is 1. The van der Waals surface area contributed by atoms with Crippen LogP contribution in [0.25, 0.3) is 11.1 Å². The SMILES string of the molecule is CCN(NCc1ccc(OC)cc1)C(=O)c1cccc(C(=O)C(C)NCCN2CCC(OC(=O)Nc3ccccc3-c3ccccc3)CC2)c1. The van der Waals surface area contributed by atoms with Gasteiger partial charge < -0.3 is 19.7 Å². The second kappa shape index (κ2) is 18.1. The third kappa shape index (κ3) is 10.0. The van der Waals surface area contributed by atoms with Crippen LogP contribution in [-0.4, -0.2) is 79.7 Å². The van der Waals surface area contributed by atoms with E-state index >= 15 is 0 Å². The van der Waals surface area contributed by atoms with Crippen molar-refractivity contribution in [1.29, 1.82) is 0 Å². The second-order valence-electron chi connectivity index (χ2n) is 12.3. The van der Waals surface area contributed by atoms with Gasteiger partial charge >= 0.3 is 6.09 Å². The van der Waals surface area contributed by atoms with Gasteiger partial charge in [-0.05, 0) is 68.1 Å². The predicted octanol–water partition coefficient (Wildman–Crippen LogP) is 6.40. The minimum Gasteiger partial charge on any atom is -0.497 e. The van der Waals surface area contributed by atoms with Crippen molar-refractivity contribution in [2.24, 2.45) is 0 Å². The number of carbonyl (C=O) groups excluding carboxylic acids is 3. The average Bonchev–Trinajstić information content (AvgIpc) is 3.16. The fraction of sp³-hybridized carbons (Fsp3) is 0.325. The first-order valence-electron chi connectivity index (χ1n) is 17.2. The minimum absolute atomic E-state index is 0.0687. The minimum atomic E-state index is -0.446. The Bertz CT molecular complexity index is 1710. The van der Waals surface area contributed by atoms with Gasteiger partial charge in [0.05, 0.1) is 18.8 Å². The van der Waals surface area contributed by atoms with Crippen LogP contribution in [0, 0.1) is 0 Å². The van der Waals surface area contributed by atoms with E-state index in [-0.39, 0.29) is 17.8 Å². The maximum Gasteiger partial charge on any atom is 0.411 e. The molecule has 10 heteroatoms. The van der Waals surface area contributed by atoms with Crippen molar-refractivity contribution in [2.45, 2.75) is 45.4 Å². The molecule has 1 aliphatic rings. The normalized spacial score (nSPS) is 14.1. The summed E-state index contributed by atoms with van der Waals surface area (Å²) in [4.78, 5) is 41.7. The molecule has 0 aromatic heterocycles. The number of Topliss-reactive ketones (excluding diaryl/α,β-unsaturated/α-hetero) is 1. The van der Waals surface area contributed by atoms with Crippen molar-refractivity contribution in [3.63, 3.8) is 0 Å². The van der Waals surface area contributed by atoms with E-state index < -0.39 is 12.1 Å². The smallest absolute Gasteiger partial charge is 0.411 e. The zero-order valence-corrected chi connectivity index (χ0v) is 29.1. The fourth-order valence-electron chi connectivity index (χ4n) is 6.00. The first-order chi connectivity index (χ1) is 24.3. The molecular formula is C40H47N5O5. The summed E-state index contributed by atoms with van der Waals surface area (Å²) in [5, 5.41) is 7.83. The number of likely N-dealkylation sites (tertiary alicyclic amines) is 1. The van der Waals surface area contributed by atoms with Crippen LogP contribution in [-0.2, 0) is 11.3 Å². The summed E-state index contributed by atoms with van der Waals surface area (Å²) < 4.78 is 11.0. The van der Waals surface area contributed by atoms with Crippen molar-refractivity contribution < 1.29 is 23.9 Å². The molecule has 1 unspecified atom stereocenters. The summed E-state index contributed by atoms with van der Waals surface area (Å²) in [5.74, 6) is 0.511. The summed E-state index contributed by atoms with van der Waals surface area (Å²) >= 11 is 0. The molecule has 4 aromatic carbocycles. The molecule has 10 nitrogen and oxygen atoms in total. The topological polar surface area (TPSA) is 112 Å². The Hall–Kier alpha value is -5.03. The predicted molar refractivity (Wildman–Crippen MR) is 196 cm³/mol. The highest BCUT2D eigenvalue weighted by Crippen LogP contribution is 2.28. The molecule has 0 bridgehead atoms. The van der Waals surface area contributed by atoms with Crippen molar-refractivity contribution in [1.82, 2.24) is 20.7 Å². The number of rotatable bonds is 15. The highest BCUT2D eigenvalue weighted by Gasteiger charge is 2.24. The van der Waals surface area contributed by atoms with E-state index in [2.05, 4.69) is 21.0 Å². The van der Waals surface area contributed by atoms with Gasteiger partial charge in [0.2, 0.25) is 0 Å².